The molecule has 0 aromatic heterocycles. The minimum atomic E-state index is -0.0287. The van der Waals surface area contributed by atoms with Crippen LogP contribution in [0.25, 0.3) is 0 Å². The molecule has 1 aliphatic carbocycles. The van der Waals surface area contributed by atoms with Crippen molar-refractivity contribution < 1.29 is 9.53 Å². The average Bonchev–Trinajstić information content (AvgIpc) is 2.56. The SMILES string of the molecule is NCc1cc(C(=O)NC2CCC2)ccc1OCc1ccccc1. The van der Waals surface area contributed by atoms with Gasteiger partial charge in [0.1, 0.15) is 12.4 Å². The summed E-state index contributed by atoms with van der Waals surface area (Å²) in [5, 5.41) is 3.04. The lowest BCUT2D eigenvalue weighted by atomic mass is 9.93. The molecule has 1 aliphatic rings. The normalized spacial score (nSPS) is 14.1. The molecule has 0 bridgehead atoms. The van der Waals surface area contributed by atoms with Gasteiger partial charge in [0.15, 0.2) is 0 Å². The number of carbonyl (C=O) groups is 1. The Bertz CT molecular complexity index is 666. The Morgan fingerprint density at radius 2 is 1.96 bits per heavy atom. The van der Waals surface area contributed by atoms with Gasteiger partial charge in [-0.15, -0.1) is 0 Å². The van der Waals surface area contributed by atoms with Crippen molar-refractivity contribution in [2.75, 3.05) is 0 Å². The third-order valence-corrected chi connectivity index (χ3v) is 4.22. The summed E-state index contributed by atoms with van der Waals surface area (Å²) < 4.78 is 5.85. The van der Waals surface area contributed by atoms with Crippen LogP contribution in [0.15, 0.2) is 48.5 Å². The predicted molar refractivity (Wildman–Crippen MR) is 90.2 cm³/mol. The van der Waals surface area contributed by atoms with Crippen LogP contribution in [0.2, 0.25) is 0 Å². The summed E-state index contributed by atoms with van der Waals surface area (Å²) in [6.07, 6.45) is 3.35. The quantitative estimate of drug-likeness (QED) is 0.862. The van der Waals surface area contributed by atoms with Crippen LogP contribution >= 0.6 is 0 Å². The van der Waals surface area contributed by atoms with Crippen LogP contribution < -0.4 is 15.8 Å². The van der Waals surface area contributed by atoms with E-state index in [1.54, 1.807) is 6.07 Å². The highest BCUT2D eigenvalue weighted by atomic mass is 16.5. The number of hydrogen-bond donors (Lipinski definition) is 2. The van der Waals surface area contributed by atoms with Crippen molar-refractivity contribution in [1.29, 1.82) is 0 Å². The molecule has 0 unspecified atom stereocenters. The highest BCUT2D eigenvalue weighted by Gasteiger charge is 2.20. The molecule has 0 heterocycles. The van der Waals surface area contributed by atoms with Crippen LogP contribution in [0.1, 0.15) is 40.7 Å². The number of rotatable bonds is 6. The Kier molecular flexibility index (Phi) is 4.93. The molecule has 0 radical (unpaired) electrons. The summed E-state index contributed by atoms with van der Waals surface area (Å²) in [7, 11) is 0. The van der Waals surface area contributed by atoms with Gasteiger partial charge in [0.05, 0.1) is 0 Å². The summed E-state index contributed by atoms with van der Waals surface area (Å²) in [6, 6.07) is 15.8. The van der Waals surface area contributed by atoms with Gasteiger partial charge >= 0.3 is 0 Å². The zero-order valence-corrected chi connectivity index (χ0v) is 13.1. The molecule has 0 saturated heterocycles. The van der Waals surface area contributed by atoms with Gasteiger partial charge in [-0.05, 0) is 43.0 Å². The van der Waals surface area contributed by atoms with Crippen LogP contribution in [0.5, 0.6) is 5.75 Å². The van der Waals surface area contributed by atoms with E-state index in [1.807, 2.05) is 42.5 Å². The molecule has 2 aromatic carbocycles. The Morgan fingerprint density at radius 3 is 2.61 bits per heavy atom. The highest BCUT2D eigenvalue weighted by Crippen LogP contribution is 2.23. The predicted octanol–water partition coefficient (Wildman–Crippen LogP) is 3.01. The first kappa shape index (κ1) is 15.6. The molecule has 0 spiro atoms. The van der Waals surface area contributed by atoms with Crippen LogP contribution in [0.4, 0.5) is 0 Å². The number of carbonyl (C=O) groups excluding carboxylic acids is 1. The number of nitrogens with two attached hydrogens (primary N) is 1. The van der Waals surface area contributed by atoms with Crippen LogP contribution in [-0.2, 0) is 13.2 Å². The lowest BCUT2D eigenvalue weighted by Gasteiger charge is -2.26. The molecule has 1 amide bonds. The van der Waals surface area contributed by atoms with Crippen LogP contribution in [0, 0.1) is 0 Å². The van der Waals surface area contributed by atoms with E-state index in [0.717, 1.165) is 29.7 Å². The lowest BCUT2D eigenvalue weighted by molar-refractivity contribution is 0.0917. The maximum Gasteiger partial charge on any atom is 0.251 e. The van der Waals surface area contributed by atoms with E-state index >= 15 is 0 Å². The first-order chi connectivity index (χ1) is 11.3. The second-order valence-corrected chi connectivity index (χ2v) is 5.90. The van der Waals surface area contributed by atoms with E-state index in [-0.39, 0.29) is 5.91 Å². The van der Waals surface area contributed by atoms with Crippen molar-refractivity contribution in [3.05, 3.63) is 65.2 Å². The second kappa shape index (κ2) is 7.29. The van der Waals surface area contributed by atoms with Gasteiger partial charge in [0.25, 0.3) is 5.91 Å². The maximum absolute atomic E-state index is 12.2. The Hall–Kier alpha value is -2.33. The van der Waals surface area contributed by atoms with E-state index < -0.39 is 0 Å². The van der Waals surface area contributed by atoms with Crippen molar-refractivity contribution in [1.82, 2.24) is 5.32 Å². The number of ether oxygens (including phenoxy) is 1. The summed E-state index contributed by atoms with van der Waals surface area (Å²) in [5.74, 6) is 0.704. The number of hydrogen-bond acceptors (Lipinski definition) is 3. The standard InChI is InChI=1S/C19H22N2O2/c20-12-16-11-15(19(22)21-17-7-4-8-17)9-10-18(16)23-13-14-5-2-1-3-6-14/h1-3,5-6,9-11,17H,4,7-8,12-13,20H2,(H,21,22). The van der Waals surface area contributed by atoms with Crippen molar-refractivity contribution >= 4 is 5.91 Å². The fourth-order valence-electron chi connectivity index (χ4n) is 2.58. The molecule has 0 atom stereocenters. The van der Waals surface area contributed by atoms with Gasteiger partial charge in [0, 0.05) is 23.7 Å². The van der Waals surface area contributed by atoms with Gasteiger partial charge < -0.3 is 15.8 Å². The van der Waals surface area contributed by atoms with Crippen LogP contribution in [-0.4, -0.2) is 11.9 Å². The van der Waals surface area contributed by atoms with E-state index in [2.05, 4.69) is 5.32 Å². The summed E-state index contributed by atoms with van der Waals surface area (Å²) in [5.41, 5.74) is 8.41. The first-order valence-electron chi connectivity index (χ1n) is 8.07. The molecule has 120 valence electrons. The molecule has 3 N–H and O–H groups in total. The van der Waals surface area contributed by atoms with Crippen LogP contribution in [0.3, 0.4) is 0 Å². The molecule has 4 nitrogen and oxygen atoms in total. The van der Waals surface area contributed by atoms with Crippen molar-refractivity contribution in [3.8, 4) is 5.75 Å². The minimum Gasteiger partial charge on any atom is -0.489 e. The van der Waals surface area contributed by atoms with Gasteiger partial charge in [-0.2, -0.15) is 0 Å². The van der Waals surface area contributed by atoms with E-state index in [1.165, 1.54) is 6.42 Å². The fourth-order valence-corrected chi connectivity index (χ4v) is 2.58. The minimum absolute atomic E-state index is 0.0287. The fraction of sp³-hybridized carbons (Fsp3) is 0.316. The Morgan fingerprint density at radius 1 is 1.17 bits per heavy atom. The van der Waals surface area contributed by atoms with E-state index in [4.69, 9.17) is 10.5 Å². The van der Waals surface area contributed by atoms with Gasteiger partial charge in [-0.1, -0.05) is 30.3 Å². The molecular formula is C19H22N2O2. The third-order valence-electron chi connectivity index (χ3n) is 4.22. The molecular weight excluding hydrogens is 288 g/mol. The molecule has 3 rings (SSSR count). The smallest absolute Gasteiger partial charge is 0.251 e. The molecule has 1 saturated carbocycles. The van der Waals surface area contributed by atoms with E-state index in [9.17, 15) is 4.79 Å². The zero-order chi connectivity index (χ0) is 16.1. The largest absolute Gasteiger partial charge is 0.489 e. The zero-order valence-electron chi connectivity index (χ0n) is 13.1. The molecule has 23 heavy (non-hydrogen) atoms. The number of benzene rings is 2. The monoisotopic (exact) mass is 310 g/mol. The van der Waals surface area contributed by atoms with E-state index in [0.29, 0.717) is 24.8 Å². The summed E-state index contributed by atoms with van der Waals surface area (Å²) >= 11 is 0. The van der Waals surface area contributed by atoms with Crippen molar-refractivity contribution in [3.63, 3.8) is 0 Å². The van der Waals surface area contributed by atoms with Gasteiger partial charge in [-0.3, -0.25) is 4.79 Å². The first-order valence-corrected chi connectivity index (χ1v) is 8.07. The maximum atomic E-state index is 12.2. The molecule has 1 fully saturated rings. The number of nitrogens with one attached hydrogen (secondary N) is 1. The van der Waals surface area contributed by atoms with Gasteiger partial charge in [0.2, 0.25) is 0 Å². The van der Waals surface area contributed by atoms with Crippen molar-refractivity contribution in [2.24, 2.45) is 5.73 Å². The number of amides is 1. The lowest BCUT2D eigenvalue weighted by Crippen LogP contribution is -2.39. The summed E-state index contributed by atoms with van der Waals surface area (Å²) in [4.78, 5) is 12.2. The highest BCUT2D eigenvalue weighted by molar-refractivity contribution is 5.94. The van der Waals surface area contributed by atoms with Crippen molar-refractivity contribution in [2.45, 2.75) is 38.5 Å². The average molecular weight is 310 g/mol. The topological polar surface area (TPSA) is 64.4 Å². The molecule has 4 heteroatoms. The second-order valence-electron chi connectivity index (χ2n) is 5.90. The molecule has 2 aromatic rings. The van der Waals surface area contributed by atoms with Gasteiger partial charge in [-0.25, -0.2) is 0 Å². The molecule has 0 aliphatic heterocycles. The summed E-state index contributed by atoms with van der Waals surface area (Å²) in [6.45, 7) is 0.829. The Labute approximate surface area is 136 Å². The Balaban J connectivity index is 1.67. The third kappa shape index (κ3) is 3.90.